The number of rotatable bonds is 3. The van der Waals surface area contributed by atoms with Crippen molar-refractivity contribution < 1.29 is 13.9 Å². The van der Waals surface area contributed by atoms with Crippen molar-refractivity contribution in [1.29, 1.82) is 0 Å². The van der Waals surface area contributed by atoms with E-state index in [1.807, 2.05) is 22.6 Å². The molecule has 0 bridgehead atoms. The molecule has 0 spiro atoms. The highest BCUT2D eigenvalue weighted by Gasteiger charge is 2.20. The molecule has 0 aliphatic rings. The SMILES string of the molecule is OCc1ncc(I)c(CCl)c1C(F)F. The highest BCUT2D eigenvalue weighted by molar-refractivity contribution is 14.1. The first-order valence-corrected chi connectivity index (χ1v) is 5.34. The second kappa shape index (κ2) is 5.18. The van der Waals surface area contributed by atoms with Crippen molar-refractivity contribution in [1.82, 2.24) is 4.98 Å². The van der Waals surface area contributed by atoms with Gasteiger partial charge in [-0.25, -0.2) is 8.78 Å². The molecule has 14 heavy (non-hydrogen) atoms. The number of hydrogen-bond acceptors (Lipinski definition) is 2. The molecular weight excluding hydrogens is 326 g/mol. The van der Waals surface area contributed by atoms with E-state index in [0.29, 0.717) is 9.13 Å². The maximum atomic E-state index is 12.6. The molecule has 0 aliphatic heterocycles. The molecule has 1 aromatic rings. The monoisotopic (exact) mass is 333 g/mol. The molecule has 1 aromatic heterocycles. The van der Waals surface area contributed by atoms with Gasteiger partial charge in [0, 0.05) is 21.2 Å². The van der Waals surface area contributed by atoms with Crippen LogP contribution in [0.5, 0.6) is 0 Å². The van der Waals surface area contributed by atoms with E-state index >= 15 is 0 Å². The molecule has 1 rings (SSSR count). The van der Waals surface area contributed by atoms with Gasteiger partial charge in [-0.3, -0.25) is 4.98 Å². The minimum Gasteiger partial charge on any atom is -0.390 e. The summed E-state index contributed by atoms with van der Waals surface area (Å²) in [4.78, 5) is 3.73. The molecule has 2 nitrogen and oxygen atoms in total. The summed E-state index contributed by atoms with van der Waals surface area (Å²) >= 11 is 7.45. The van der Waals surface area contributed by atoms with Crippen molar-refractivity contribution in [2.75, 3.05) is 0 Å². The van der Waals surface area contributed by atoms with Gasteiger partial charge < -0.3 is 5.11 Å². The number of pyridine rings is 1. The molecule has 0 saturated carbocycles. The highest BCUT2D eigenvalue weighted by atomic mass is 127. The summed E-state index contributed by atoms with van der Waals surface area (Å²) in [5, 5.41) is 8.84. The van der Waals surface area contributed by atoms with Crippen molar-refractivity contribution in [2.24, 2.45) is 0 Å². The minimum atomic E-state index is -2.66. The van der Waals surface area contributed by atoms with Gasteiger partial charge in [0.05, 0.1) is 12.3 Å². The molecular formula is C8H7ClF2INO. The molecule has 0 atom stereocenters. The molecule has 0 aliphatic carbocycles. The number of aliphatic hydroxyl groups is 1. The van der Waals surface area contributed by atoms with Crippen LogP contribution < -0.4 is 0 Å². The molecule has 0 unspecified atom stereocenters. The van der Waals surface area contributed by atoms with Crippen LogP contribution in [-0.2, 0) is 12.5 Å². The molecule has 0 aromatic carbocycles. The van der Waals surface area contributed by atoms with Crippen molar-refractivity contribution in [3.05, 3.63) is 26.6 Å². The Kier molecular flexibility index (Phi) is 4.46. The highest BCUT2D eigenvalue weighted by Crippen LogP contribution is 2.29. The first-order valence-electron chi connectivity index (χ1n) is 3.73. The summed E-state index contributed by atoms with van der Waals surface area (Å²) < 4.78 is 25.8. The molecule has 0 radical (unpaired) electrons. The average molecular weight is 334 g/mol. The fourth-order valence-electron chi connectivity index (χ4n) is 1.10. The predicted octanol–water partition coefficient (Wildman–Crippen LogP) is 2.85. The van der Waals surface area contributed by atoms with Crippen LogP contribution in [0.25, 0.3) is 0 Å². The van der Waals surface area contributed by atoms with Crippen LogP contribution in [-0.4, -0.2) is 10.1 Å². The quantitative estimate of drug-likeness (QED) is 0.681. The van der Waals surface area contributed by atoms with Crippen LogP contribution in [0.2, 0.25) is 0 Å². The Labute approximate surface area is 98.4 Å². The van der Waals surface area contributed by atoms with E-state index in [1.54, 1.807) is 0 Å². The van der Waals surface area contributed by atoms with E-state index in [2.05, 4.69) is 4.98 Å². The van der Waals surface area contributed by atoms with Crippen molar-refractivity contribution in [2.45, 2.75) is 18.9 Å². The summed E-state index contributed by atoms with van der Waals surface area (Å²) in [6.45, 7) is -0.500. The molecule has 0 fully saturated rings. The summed E-state index contributed by atoms with van der Waals surface area (Å²) in [6, 6.07) is 0. The summed E-state index contributed by atoms with van der Waals surface area (Å²) in [5.41, 5.74) is 0.104. The van der Waals surface area contributed by atoms with E-state index in [4.69, 9.17) is 16.7 Å². The lowest BCUT2D eigenvalue weighted by atomic mass is 10.1. The zero-order valence-electron chi connectivity index (χ0n) is 6.98. The molecule has 78 valence electrons. The molecule has 1 heterocycles. The molecule has 0 saturated heterocycles. The molecule has 0 amide bonds. The zero-order chi connectivity index (χ0) is 10.7. The number of alkyl halides is 3. The summed E-state index contributed by atoms with van der Waals surface area (Å²) in [6.07, 6.45) is -1.23. The number of aliphatic hydroxyl groups excluding tert-OH is 1. The largest absolute Gasteiger partial charge is 0.390 e. The maximum absolute atomic E-state index is 12.6. The standard InChI is InChI=1S/C8H7ClF2INO/c9-1-4-5(12)2-13-6(3-14)7(4)8(10)11/h2,8,14H,1,3H2. The van der Waals surface area contributed by atoms with Crippen LogP contribution in [0.3, 0.4) is 0 Å². The van der Waals surface area contributed by atoms with Gasteiger partial charge in [0.1, 0.15) is 0 Å². The lowest BCUT2D eigenvalue weighted by Crippen LogP contribution is -2.05. The van der Waals surface area contributed by atoms with Gasteiger partial charge >= 0.3 is 0 Å². The number of halogens is 4. The topological polar surface area (TPSA) is 33.1 Å². The number of aromatic nitrogens is 1. The van der Waals surface area contributed by atoms with Gasteiger partial charge in [-0.05, 0) is 28.2 Å². The smallest absolute Gasteiger partial charge is 0.266 e. The van der Waals surface area contributed by atoms with E-state index in [1.165, 1.54) is 6.20 Å². The van der Waals surface area contributed by atoms with Crippen LogP contribution >= 0.6 is 34.2 Å². The molecule has 6 heteroatoms. The fourth-order valence-corrected chi connectivity index (χ4v) is 2.24. The third-order valence-corrected chi connectivity index (χ3v) is 2.96. The van der Waals surface area contributed by atoms with Gasteiger partial charge in [0.2, 0.25) is 0 Å². The average Bonchev–Trinajstić information content (AvgIpc) is 2.17. The van der Waals surface area contributed by atoms with Crippen molar-refractivity contribution in [3.8, 4) is 0 Å². The van der Waals surface area contributed by atoms with Gasteiger partial charge in [-0.1, -0.05) is 0 Å². The first kappa shape index (κ1) is 12.1. The van der Waals surface area contributed by atoms with Crippen molar-refractivity contribution >= 4 is 34.2 Å². The fraction of sp³-hybridized carbons (Fsp3) is 0.375. The Bertz CT molecular complexity index is 335. The predicted molar refractivity (Wildman–Crippen MR) is 57.4 cm³/mol. The molecule has 1 N–H and O–H groups in total. The zero-order valence-corrected chi connectivity index (χ0v) is 9.89. The van der Waals surface area contributed by atoms with Crippen LogP contribution in [0, 0.1) is 3.57 Å². The van der Waals surface area contributed by atoms with Crippen LogP contribution in [0.15, 0.2) is 6.20 Å². The van der Waals surface area contributed by atoms with E-state index < -0.39 is 13.0 Å². The second-order valence-corrected chi connectivity index (χ2v) is 3.97. The lowest BCUT2D eigenvalue weighted by molar-refractivity contribution is 0.145. The van der Waals surface area contributed by atoms with Gasteiger partial charge in [-0.15, -0.1) is 11.6 Å². The van der Waals surface area contributed by atoms with Crippen LogP contribution in [0.1, 0.15) is 23.2 Å². The van der Waals surface area contributed by atoms with E-state index in [9.17, 15) is 8.78 Å². The Balaban J connectivity index is 3.36. The van der Waals surface area contributed by atoms with E-state index in [-0.39, 0.29) is 17.1 Å². The summed E-state index contributed by atoms with van der Waals surface area (Å²) in [5.74, 6) is -0.00648. The van der Waals surface area contributed by atoms with Crippen LogP contribution in [0.4, 0.5) is 8.78 Å². The van der Waals surface area contributed by atoms with E-state index in [0.717, 1.165) is 0 Å². The minimum absolute atomic E-state index is 0.00364. The number of nitrogens with zero attached hydrogens (tertiary/aromatic N) is 1. The second-order valence-electron chi connectivity index (χ2n) is 2.54. The summed E-state index contributed by atoms with van der Waals surface area (Å²) in [7, 11) is 0. The third-order valence-electron chi connectivity index (χ3n) is 1.76. The Morgan fingerprint density at radius 2 is 2.21 bits per heavy atom. The third kappa shape index (κ3) is 2.32. The Hall–Kier alpha value is -0.0100. The first-order chi connectivity index (χ1) is 6.61. The van der Waals surface area contributed by atoms with Gasteiger partial charge in [0.25, 0.3) is 6.43 Å². The lowest BCUT2D eigenvalue weighted by Gasteiger charge is -2.11. The van der Waals surface area contributed by atoms with Gasteiger partial charge in [-0.2, -0.15) is 0 Å². The van der Waals surface area contributed by atoms with Gasteiger partial charge in [0.15, 0.2) is 0 Å². The Morgan fingerprint density at radius 1 is 1.57 bits per heavy atom. The number of hydrogen-bond donors (Lipinski definition) is 1. The Morgan fingerprint density at radius 3 is 2.64 bits per heavy atom. The maximum Gasteiger partial charge on any atom is 0.266 e. The van der Waals surface area contributed by atoms with Crippen molar-refractivity contribution in [3.63, 3.8) is 0 Å². The normalized spacial score (nSPS) is 11.0.